The number of rotatable bonds is 10. The predicted molar refractivity (Wildman–Crippen MR) is 96.0 cm³/mol. The summed E-state index contributed by atoms with van der Waals surface area (Å²) < 4.78 is 32.3. The fourth-order valence-corrected chi connectivity index (χ4v) is 3.58. The Kier molecular flexibility index (Phi) is 8.55. The third-order valence-electron chi connectivity index (χ3n) is 5.18. The van der Waals surface area contributed by atoms with Gasteiger partial charge in [0.2, 0.25) is 0 Å². The molecule has 12 nitrogen and oxygen atoms in total. The number of ether oxygens (including phenoxy) is 6. The van der Waals surface area contributed by atoms with Gasteiger partial charge in [0.25, 0.3) is 0 Å². The van der Waals surface area contributed by atoms with Gasteiger partial charge in [0, 0.05) is 0 Å². The van der Waals surface area contributed by atoms with E-state index in [9.17, 15) is 30.6 Å². The molecule has 11 atom stereocenters. The van der Waals surface area contributed by atoms with Gasteiger partial charge in [-0.1, -0.05) is 6.08 Å². The first-order valence-corrected chi connectivity index (χ1v) is 9.76. The van der Waals surface area contributed by atoms with Crippen molar-refractivity contribution in [1.29, 1.82) is 0 Å². The third kappa shape index (κ3) is 5.35. The van der Waals surface area contributed by atoms with Gasteiger partial charge in [0.05, 0.1) is 33.0 Å². The van der Waals surface area contributed by atoms with E-state index in [1.54, 1.807) is 6.08 Å². The van der Waals surface area contributed by atoms with E-state index in [0.717, 1.165) is 0 Å². The van der Waals surface area contributed by atoms with Crippen LogP contribution in [0.5, 0.6) is 0 Å². The SMILES string of the molecule is C=CCOC[C@H](O)COC[C@@H]1O[C@H](O[C@H]2[C@H]3OC[C@H]2O[C@@H](O)[C@H]3O)[C@@H](O)[C@H](O)[C@H]1O. The van der Waals surface area contributed by atoms with Gasteiger partial charge in [-0.2, -0.15) is 0 Å². The lowest BCUT2D eigenvalue weighted by Gasteiger charge is -2.43. The Morgan fingerprint density at radius 1 is 0.967 bits per heavy atom. The maximum atomic E-state index is 10.2. The maximum absolute atomic E-state index is 10.2. The summed E-state index contributed by atoms with van der Waals surface area (Å²) in [6.45, 7) is 3.57. The highest BCUT2D eigenvalue weighted by Gasteiger charge is 2.54. The van der Waals surface area contributed by atoms with Gasteiger partial charge in [0.15, 0.2) is 12.6 Å². The lowest BCUT2D eigenvalue weighted by atomic mass is 9.98. The van der Waals surface area contributed by atoms with Crippen LogP contribution in [0.2, 0.25) is 0 Å². The molecule has 3 heterocycles. The lowest BCUT2D eigenvalue weighted by molar-refractivity contribution is -0.338. The van der Waals surface area contributed by atoms with E-state index in [4.69, 9.17) is 28.4 Å². The standard InChI is InChI=1S/C18H30O12/c1-2-3-25-4-8(19)5-26-6-9-11(20)12(21)13(22)18(29-9)30-15-10-7-27-16(15)14(23)17(24)28-10/h2,8-24H,1,3-7H2/t8-,9-,10+,11-,12+,13-,14-,15+,16-,17+,18+/m0/s1. The molecule has 0 saturated carbocycles. The fraction of sp³-hybridized carbons (Fsp3) is 0.889. The number of aliphatic hydroxyl groups is 6. The molecular formula is C18H30O12. The molecule has 0 aliphatic carbocycles. The Bertz CT molecular complexity index is 549. The van der Waals surface area contributed by atoms with Gasteiger partial charge >= 0.3 is 0 Å². The Labute approximate surface area is 173 Å². The molecular weight excluding hydrogens is 408 g/mol. The first kappa shape index (κ1) is 23.9. The zero-order valence-electron chi connectivity index (χ0n) is 16.3. The molecule has 174 valence electrons. The van der Waals surface area contributed by atoms with Crippen LogP contribution in [0.3, 0.4) is 0 Å². The summed E-state index contributed by atoms with van der Waals surface area (Å²) >= 11 is 0. The molecule has 0 spiro atoms. The zero-order chi connectivity index (χ0) is 21.8. The van der Waals surface area contributed by atoms with Gasteiger partial charge in [-0.05, 0) is 0 Å². The quantitative estimate of drug-likeness (QED) is 0.145. The summed E-state index contributed by atoms with van der Waals surface area (Å²) in [5, 5.41) is 60.0. The highest BCUT2D eigenvalue weighted by molar-refractivity contribution is 4.98. The van der Waals surface area contributed by atoms with Gasteiger partial charge < -0.3 is 59.1 Å². The fourth-order valence-electron chi connectivity index (χ4n) is 3.58. The highest BCUT2D eigenvalue weighted by atomic mass is 16.7. The average molecular weight is 438 g/mol. The van der Waals surface area contributed by atoms with E-state index >= 15 is 0 Å². The van der Waals surface area contributed by atoms with Crippen LogP contribution in [-0.2, 0) is 28.4 Å². The third-order valence-corrected chi connectivity index (χ3v) is 5.18. The van der Waals surface area contributed by atoms with Crippen molar-refractivity contribution in [3.63, 3.8) is 0 Å². The minimum Gasteiger partial charge on any atom is -0.388 e. The van der Waals surface area contributed by atoms with Crippen molar-refractivity contribution in [2.75, 3.05) is 33.0 Å². The zero-order valence-corrected chi connectivity index (χ0v) is 16.3. The van der Waals surface area contributed by atoms with E-state index in [1.165, 1.54) is 0 Å². The molecule has 6 N–H and O–H groups in total. The van der Waals surface area contributed by atoms with E-state index < -0.39 is 67.5 Å². The molecule has 0 amide bonds. The van der Waals surface area contributed by atoms with Crippen molar-refractivity contribution in [2.45, 2.75) is 67.5 Å². The Hall–Kier alpha value is -0.740. The van der Waals surface area contributed by atoms with Crippen molar-refractivity contribution < 1.29 is 59.1 Å². The topological polar surface area (TPSA) is 177 Å². The van der Waals surface area contributed by atoms with Crippen LogP contribution < -0.4 is 0 Å². The largest absolute Gasteiger partial charge is 0.388 e. The van der Waals surface area contributed by atoms with Crippen LogP contribution in [0.4, 0.5) is 0 Å². The summed E-state index contributed by atoms with van der Waals surface area (Å²) in [6.07, 6.45) is -11.7. The Morgan fingerprint density at radius 3 is 2.43 bits per heavy atom. The molecule has 3 rings (SSSR count). The molecule has 0 aromatic rings. The average Bonchev–Trinajstić information content (AvgIpc) is 3.03. The minimum atomic E-state index is -1.59. The lowest BCUT2D eigenvalue weighted by Crippen LogP contribution is -2.62. The second kappa shape index (κ2) is 10.7. The van der Waals surface area contributed by atoms with Crippen LogP contribution in [0, 0.1) is 0 Å². The van der Waals surface area contributed by atoms with E-state index in [2.05, 4.69) is 6.58 Å². The van der Waals surface area contributed by atoms with Crippen LogP contribution in [0.1, 0.15) is 0 Å². The summed E-state index contributed by atoms with van der Waals surface area (Å²) in [5.41, 5.74) is 0. The number of aliphatic hydroxyl groups excluding tert-OH is 6. The molecule has 3 fully saturated rings. The van der Waals surface area contributed by atoms with E-state index in [1.807, 2.05) is 0 Å². The molecule has 0 radical (unpaired) electrons. The molecule has 12 heteroatoms. The van der Waals surface area contributed by atoms with Crippen LogP contribution in [0.15, 0.2) is 12.7 Å². The van der Waals surface area contributed by atoms with Crippen molar-refractivity contribution >= 4 is 0 Å². The maximum Gasteiger partial charge on any atom is 0.187 e. The molecule has 0 aromatic carbocycles. The van der Waals surface area contributed by atoms with Crippen molar-refractivity contribution in [3.8, 4) is 0 Å². The molecule has 2 bridgehead atoms. The minimum absolute atomic E-state index is 0.0335. The van der Waals surface area contributed by atoms with Gasteiger partial charge in [-0.25, -0.2) is 0 Å². The highest BCUT2D eigenvalue weighted by Crippen LogP contribution is 2.34. The number of hydrogen-bond acceptors (Lipinski definition) is 12. The van der Waals surface area contributed by atoms with Gasteiger partial charge in [-0.15, -0.1) is 6.58 Å². The molecule has 3 aliphatic heterocycles. The Balaban J connectivity index is 1.52. The summed E-state index contributed by atoms with van der Waals surface area (Å²) in [4.78, 5) is 0. The summed E-state index contributed by atoms with van der Waals surface area (Å²) in [5.74, 6) is 0. The van der Waals surface area contributed by atoms with Crippen molar-refractivity contribution in [2.24, 2.45) is 0 Å². The van der Waals surface area contributed by atoms with Crippen LogP contribution in [-0.4, -0.2) is 131 Å². The van der Waals surface area contributed by atoms with Gasteiger partial charge in [-0.3, -0.25) is 0 Å². The number of fused-ring (bicyclic) bond motifs is 2. The first-order valence-electron chi connectivity index (χ1n) is 9.76. The molecule has 3 aliphatic rings. The second-order valence-corrected chi connectivity index (χ2v) is 7.49. The van der Waals surface area contributed by atoms with Crippen molar-refractivity contribution in [1.82, 2.24) is 0 Å². The van der Waals surface area contributed by atoms with E-state index in [-0.39, 0.29) is 33.0 Å². The molecule has 30 heavy (non-hydrogen) atoms. The molecule has 3 saturated heterocycles. The van der Waals surface area contributed by atoms with Crippen LogP contribution >= 0.6 is 0 Å². The summed E-state index contributed by atoms with van der Waals surface area (Å²) in [6, 6.07) is 0. The van der Waals surface area contributed by atoms with Crippen LogP contribution in [0.25, 0.3) is 0 Å². The van der Waals surface area contributed by atoms with Crippen molar-refractivity contribution in [3.05, 3.63) is 12.7 Å². The normalized spacial score (nSPS) is 44.7. The first-order chi connectivity index (χ1) is 14.3. The van der Waals surface area contributed by atoms with Gasteiger partial charge in [0.1, 0.15) is 54.9 Å². The molecule has 0 aromatic heterocycles. The monoisotopic (exact) mass is 438 g/mol. The number of hydrogen-bond donors (Lipinski definition) is 6. The smallest absolute Gasteiger partial charge is 0.187 e. The summed E-state index contributed by atoms with van der Waals surface area (Å²) in [7, 11) is 0. The second-order valence-electron chi connectivity index (χ2n) is 7.49. The Morgan fingerprint density at radius 2 is 1.70 bits per heavy atom. The molecule has 0 unspecified atom stereocenters. The van der Waals surface area contributed by atoms with E-state index in [0.29, 0.717) is 0 Å². The predicted octanol–water partition coefficient (Wildman–Crippen LogP) is -3.76.